The van der Waals surface area contributed by atoms with Gasteiger partial charge in [0, 0.05) is 12.7 Å². The first-order valence-electron chi connectivity index (χ1n) is 4.42. The van der Waals surface area contributed by atoms with E-state index in [1.165, 1.54) is 32.4 Å². The number of carbonyl (C=O) groups is 2. The van der Waals surface area contributed by atoms with E-state index in [4.69, 9.17) is 10.8 Å². The van der Waals surface area contributed by atoms with Crippen LogP contribution >= 0.6 is 0 Å². The number of hydrogen-bond donors (Lipinski definition) is 2. The van der Waals surface area contributed by atoms with Crippen LogP contribution in [-0.4, -0.2) is 31.3 Å². The van der Waals surface area contributed by atoms with E-state index in [9.17, 15) is 9.59 Å². The number of carboxylic acids is 1. The Balaban J connectivity index is 3.22. The van der Waals surface area contributed by atoms with E-state index in [1.54, 1.807) is 0 Å². The fourth-order valence-corrected chi connectivity index (χ4v) is 1.25. The zero-order valence-corrected chi connectivity index (χ0v) is 8.93. The molecule has 0 fully saturated rings. The standard InChI is InChI=1S/C10H12N2O4/c1-12(10(15)16-2)8-4-3-6(11)5-7(8)9(13)14/h3-5H,11H2,1-2H3,(H,13,14). The first-order chi connectivity index (χ1) is 7.47. The van der Waals surface area contributed by atoms with Crippen molar-refractivity contribution < 1.29 is 19.4 Å². The van der Waals surface area contributed by atoms with Gasteiger partial charge < -0.3 is 15.6 Å². The van der Waals surface area contributed by atoms with Crippen LogP contribution in [0.1, 0.15) is 10.4 Å². The van der Waals surface area contributed by atoms with Crippen molar-refractivity contribution in [3.63, 3.8) is 0 Å². The van der Waals surface area contributed by atoms with Crippen molar-refractivity contribution >= 4 is 23.4 Å². The molecule has 0 saturated heterocycles. The van der Waals surface area contributed by atoms with Crippen molar-refractivity contribution in [3.05, 3.63) is 23.8 Å². The Morgan fingerprint density at radius 1 is 1.44 bits per heavy atom. The van der Waals surface area contributed by atoms with Crippen LogP contribution in [0, 0.1) is 0 Å². The van der Waals surface area contributed by atoms with E-state index in [2.05, 4.69) is 4.74 Å². The molecule has 0 unspecified atom stereocenters. The van der Waals surface area contributed by atoms with E-state index < -0.39 is 12.1 Å². The minimum atomic E-state index is -1.15. The molecule has 6 heteroatoms. The number of aromatic carboxylic acids is 1. The van der Waals surface area contributed by atoms with Crippen LogP contribution in [0.5, 0.6) is 0 Å². The van der Waals surface area contributed by atoms with Gasteiger partial charge in [-0.1, -0.05) is 0 Å². The van der Waals surface area contributed by atoms with Gasteiger partial charge in [0.25, 0.3) is 0 Å². The maximum Gasteiger partial charge on any atom is 0.413 e. The Hall–Kier alpha value is -2.24. The third-order valence-electron chi connectivity index (χ3n) is 2.06. The fourth-order valence-electron chi connectivity index (χ4n) is 1.25. The molecule has 6 nitrogen and oxygen atoms in total. The summed E-state index contributed by atoms with van der Waals surface area (Å²) in [4.78, 5) is 23.3. The molecule has 0 aliphatic rings. The van der Waals surface area contributed by atoms with Crippen LogP contribution < -0.4 is 10.6 Å². The van der Waals surface area contributed by atoms with E-state index in [0.29, 0.717) is 5.69 Å². The lowest BCUT2D eigenvalue weighted by molar-refractivity contribution is 0.0697. The van der Waals surface area contributed by atoms with Crippen LogP contribution in [0.25, 0.3) is 0 Å². The van der Waals surface area contributed by atoms with Gasteiger partial charge in [0.2, 0.25) is 0 Å². The summed E-state index contributed by atoms with van der Waals surface area (Å²) in [6, 6.07) is 4.26. The molecule has 1 rings (SSSR count). The molecule has 0 bridgehead atoms. The van der Waals surface area contributed by atoms with Crippen LogP contribution in [0.3, 0.4) is 0 Å². The Bertz CT molecular complexity index is 431. The quantitative estimate of drug-likeness (QED) is 0.735. The number of carboxylic acid groups (broad SMARTS) is 1. The van der Waals surface area contributed by atoms with E-state index in [0.717, 1.165) is 4.90 Å². The summed E-state index contributed by atoms with van der Waals surface area (Å²) >= 11 is 0. The van der Waals surface area contributed by atoms with E-state index in [-0.39, 0.29) is 11.3 Å². The Morgan fingerprint density at radius 3 is 2.56 bits per heavy atom. The third kappa shape index (κ3) is 2.22. The highest BCUT2D eigenvalue weighted by molar-refractivity contribution is 6.00. The zero-order valence-electron chi connectivity index (χ0n) is 8.93. The lowest BCUT2D eigenvalue weighted by Gasteiger charge is -2.17. The molecule has 0 heterocycles. The highest BCUT2D eigenvalue weighted by Crippen LogP contribution is 2.22. The number of nitrogens with zero attached hydrogens (tertiary/aromatic N) is 1. The average molecular weight is 224 g/mol. The predicted molar refractivity (Wildman–Crippen MR) is 58.6 cm³/mol. The SMILES string of the molecule is COC(=O)N(C)c1ccc(N)cc1C(=O)O. The van der Waals surface area contributed by atoms with Gasteiger partial charge in [0.1, 0.15) is 0 Å². The number of nitrogen functional groups attached to an aromatic ring is 1. The number of hydrogen-bond acceptors (Lipinski definition) is 4. The van der Waals surface area contributed by atoms with Crippen LogP contribution in [0.15, 0.2) is 18.2 Å². The molecule has 3 N–H and O–H groups in total. The molecular formula is C10H12N2O4. The summed E-state index contributed by atoms with van der Waals surface area (Å²) < 4.78 is 4.49. The topological polar surface area (TPSA) is 92.9 Å². The summed E-state index contributed by atoms with van der Waals surface area (Å²) in [5.41, 5.74) is 5.98. The second kappa shape index (κ2) is 4.52. The molecule has 16 heavy (non-hydrogen) atoms. The Kier molecular flexibility index (Phi) is 3.34. The van der Waals surface area contributed by atoms with Gasteiger partial charge in [-0.3, -0.25) is 4.90 Å². The summed E-state index contributed by atoms with van der Waals surface area (Å²) in [6.45, 7) is 0. The molecule has 1 amide bonds. The normalized spacial score (nSPS) is 9.62. The van der Waals surface area contributed by atoms with E-state index >= 15 is 0 Å². The summed E-state index contributed by atoms with van der Waals surface area (Å²) in [5.74, 6) is -1.15. The van der Waals surface area contributed by atoms with Crippen molar-refractivity contribution in [3.8, 4) is 0 Å². The van der Waals surface area contributed by atoms with Crippen molar-refractivity contribution in [2.75, 3.05) is 24.8 Å². The highest BCUT2D eigenvalue weighted by Gasteiger charge is 2.18. The molecule has 0 aromatic heterocycles. The second-order valence-electron chi connectivity index (χ2n) is 3.11. The smallest absolute Gasteiger partial charge is 0.413 e. The minimum absolute atomic E-state index is 0.0482. The van der Waals surface area contributed by atoms with Crippen molar-refractivity contribution in [2.45, 2.75) is 0 Å². The third-order valence-corrected chi connectivity index (χ3v) is 2.06. The van der Waals surface area contributed by atoms with Crippen molar-refractivity contribution in [1.29, 1.82) is 0 Å². The summed E-state index contributed by atoms with van der Waals surface area (Å²) in [7, 11) is 2.64. The fraction of sp³-hybridized carbons (Fsp3) is 0.200. The van der Waals surface area contributed by atoms with Gasteiger partial charge in [-0.05, 0) is 18.2 Å². The Morgan fingerprint density at radius 2 is 2.06 bits per heavy atom. The van der Waals surface area contributed by atoms with Gasteiger partial charge in [-0.15, -0.1) is 0 Å². The van der Waals surface area contributed by atoms with Crippen molar-refractivity contribution in [1.82, 2.24) is 0 Å². The van der Waals surface area contributed by atoms with Crippen LogP contribution in [0.2, 0.25) is 0 Å². The predicted octanol–water partition coefficient (Wildman–Crippen LogP) is 1.17. The monoisotopic (exact) mass is 224 g/mol. The first-order valence-corrected chi connectivity index (χ1v) is 4.42. The van der Waals surface area contributed by atoms with Gasteiger partial charge in [0.05, 0.1) is 18.4 Å². The maximum absolute atomic E-state index is 11.3. The lowest BCUT2D eigenvalue weighted by Crippen LogP contribution is -2.27. The molecule has 86 valence electrons. The summed E-state index contributed by atoms with van der Waals surface area (Å²) in [5, 5.41) is 8.96. The molecule has 0 spiro atoms. The van der Waals surface area contributed by atoms with E-state index in [1.807, 2.05) is 0 Å². The number of methoxy groups -OCH3 is 1. The van der Waals surface area contributed by atoms with Gasteiger partial charge in [-0.2, -0.15) is 0 Å². The number of anilines is 2. The first kappa shape index (κ1) is 11.8. The second-order valence-corrected chi connectivity index (χ2v) is 3.11. The highest BCUT2D eigenvalue weighted by atomic mass is 16.5. The van der Waals surface area contributed by atoms with Gasteiger partial charge in [0.15, 0.2) is 0 Å². The van der Waals surface area contributed by atoms with Crippen LogP contribution in [-0.2, 0) is 4.74 Å². The zero-order chi connectivity index (χ0) is 12.3. The van der Waals surface area contributed by atoms with Gasteiger partial charge in [-0.25, -0.2) is 9.59 Å². The maximum atomic E-state index is 11.3. The molecular weight excluding hydrogens is 212 g/mol. The molecule has 0 radical (unpaired) electrons. The summed E-state index contributed by atoms with van der Waals surface area (Å²) in [6.07, 6.45) is -0.646. The molecule has 1 aromatic carbocycles. The molecule has 0 saturated carbocycles. The average Bonchev–Trinajstić information content (AvgIpc) is 2.26. The lowest BCUT2D eigenvalue weighted by atomic mass is 10.1. The number of rotatable bonds is 2. The minimum Gasteiger partial charge on any atom is -0.478 e. The van der Waals surface area contributed by atoms with Gasteiger partial charge >= 0.3 is 12.1 Å². The largest absolute Gasteiger partial charge is 0.478 e. The van der Waals surface area contributed by atoms with Crippen LogP contribution in [0.4, 0.5) is 16.2 Å². The number of nitrogens with two attached hydrogens (primary N) is 1. The number of carbonyl (C=O) groups excluding carboxylic acids is 1. The molecule has 1 aromatic rings. The molecule has 0 aliphatic carbocycles. The van der Waals surface area contributed by atoms with Crippen molar-refractivity contribution in [2.24, 2.45) is 0 Å². The number of ether oxygens (including phenoxy) is 1. The number of amides is 1. The molecule has 0 aliphatic heterocycles. The Labute approximate surface area is 92.2 Å². The number of benzene rings is 1. The molecule has 0 atom stereocenters.